The number of nitrogens with two attached hydrogens (primary N) is 1. The van der Waals surface area contributed by atoms with Crippen LogP contribution in [0.2, 0.25) is 0 Å². The van der Waals surface area contributed by atoms with Crippen LogP contribution >= 0.6 is 0 Å². The van der Waals surface area contributed by atoms with E-state index < -0.39 is 0 Å². The average molecular weight is 207 g/mol. The minimum absolute atomic E-state index is 0.00359. The largest absolute Gasteiger partial charge is 0.394 e. The van der Waals surface area contributed by atoms with Gasteiger partial charge in [-0.1, -0.05) is 0 Å². The fraction of sp³-hybridized carbons (Fsp3) is 0.538. The molecule has 3 N–H and O–H groups in total. The molecule has 0 aliphatic heterocycles. The van der Waals surface area contributed by atoms with Crippen molar-refractivity contribution in [3.8, 4) is 0 Å². The minimum atomic E-state index is -0.261. The molecule has 0 aliphatic rings. The molecule has 0 unspecified atom stereocenters. The van der Waals surface area contributed by atoms with E-state index in [2.05, 4.69) is 34.6 Å². The Balaban J connectivity index is 3.52. The third-order valence-electron chi connectivity index (χ3n) is 3.63. The molecule has 15 heavy (non-hydrogen) atoms. The van der Waals surface area contributed by atoms with Crippen LogP contribution in [0, 0.1) is 34.6 Å². The Hall–Kier alpha value is -0.860. The smallest absolute Gasteiger partial charge is 0.0624 e. The second kappa shape index (κ2) is 4.33. The summed E-state index contributed by atoms with van der Waals surface area (Å²) in [5.74, 6) is 0. The highest BCUT2D eigenvalue weighted by Crippen LogP contribution is 2.29. The summed E-state index contributed by atoms with van der Waals surface area (Å²) in [6.45, 7) is 10.5. The van der Waals surface area contributed by atoms with Crippen LogP contribution in [0.1, 0.15) is 39.4 Å². The molecule has 0 aliphatic carbocycles. The van der Waals surface area contributed by atoms with E-state index in [4.69, 9.17) is 10.8 Å². The summed E-state index contributed by atoms with van der Waals surface area (Å²) < 4.78 is 0. The number of aliphatic hydroxyl groups excluding tert-OH is 1. The van der Waals surface area contributed by atoms with Gasteiger partial charge in [-0.2, -0.15) is 0 Å². The highest BCUT2D eigenvalue weighted by molar-refractivity contribution is 5.50. The van der Waals surface area contributed by atoms with Crippen LogP contribution in [0.15, 0.2) is 0 Å². The van der Waals surface area contributed by atoms with E-state index in [1.807, 2.05) is 0 Å². The summed E-state index contributed by atoms with van der Waals surface area (Å²) in [6, 6.07) is -0.261. The van der Waals surface area contributed by atoms with Gasteiger partial charge in [-0.3, -0.25) is 0 Å². The SMILES string of the molecule is Cc1c(C)c(C)c([C@@H](N)CO)c(C)c1C. The summed E-state index contributed by atoms with van der Waals surface area (Å²) in [5, 5.41) is 9.16. The topological polar surface area (TPSA) is 46.2 Å². The van der Waals surface area contributed by atoms with Gasteiger partial charge in [0.15, 0.2) is 0 Å². The Morgan fingerprint density at radius 3 is 1.53 bits per heavy atom. The Bertz CT molecular complexity index is 354. The number of hydrogen-bond acceptors (Lipinski definition) is 2. The van der Waals surface area contributed by atoms with E-state index in [1.165, 1.54) is 27.8 Å². The van der Waals surface area contributed by atoms with E-state index in [0.29, 0.717) is 0 Å². The maximum absolute atomic E-state index is 9.16. The first-order valence-corrected chi connectivity index (χ1v) is 5.35. The van der Waals surface area contributed by atoms with Crippen LogP contribution in [-0.2, 0) is 0 Å². The molecular formula is C13H21NO. The fourth-order valence-corrected chi connectivity index (χ4v) is 2.18. The molecule has 84 valence electrons. The molecule has 0 saturated carbocycles. The van der Waals surface area contributed by atoms with Gasteiger partial charge >= 0.3 is 0 Å². The Kier molecular flexibility index (Phi) is 3.53. The predicted molar refractivity (Wildman–Crippen MR) is 64.1 cm³/mol. The molecule has 0 aromatic heterocycles. The molecule has 1 atom stereocenters. The lowest BCUT2D eigenvalue weighted by atomic mass is 9.87. The molecular weight excluding hydrogens is 186 g/mol. The summed E-state index contributed by atoms with van der Waals surface area (Å²) in [5.41, 5.74) is 13.4. The molecule has 0 radical (unpaired) electrons. The first-order valence-electron chi connectivity index (χ1n) is 5.35. The van der Waals surface area contributed by atoms with Crippen LogP contribution in [0.4, 0.5) is 0 Å². The zero-order valence-electron chi connectivity index (χ0n) is 10.3. The van der Waals surface area contributed by atoms with Crippen molar-refractivity contribution >= 4 is 0 Å². The molecule has 2 heteroatoms. The van der Waals surface area contributed by atoms with Crippen molar-refractivity contribution in [1.82, 2.24) is 0 Å². The highest BCUT2D eigenvalue weighted by Gasteiger charge is 2.16. The summed E-state index contributed by atoms with van der Waals surface area (Å²) in [7, 11) is 0. The Labute approximate surface area is 92.1 Å². The van der Waals surface area contributed by atoms with Gasteiger partial charge in [0.25, 0.3) is 0 Å². The fourth-order valence-electron chi connectivity index (χ4n) is 2.18. The van der Waals surface area contributed by atoms with Crippen molar-refractivity contribution in [1.29, 1.82) is 0 Å². The van der Waals surface area contributed by atoms with Crippen molar-refractivity contribution < 1.29 is 5.11 Å². The third-order valence-corrected chi connectivity index (χ3v) is 3.63. The van der Waals surface area contributed by atoms with Gasteiger partial charge in [0.1, 0.15) is 0 Å². The number of hydrogen-bond donors (Lipinski definition) is 2. The van der Waals surface area contributed by atoms with Crippen LogP contribution in [0.5, 0.6) is 0 Å². The molecule has 2 nitrogen and oxygen atoms in total. The number of aliphatic hydroxyl groups is 1. The molecule has 1 aromatic rings. The molecule has 1 aromatic carbocycles. The van der Waals surface area contributed by atoms with Crippen molar-refractivity contribution in [2.24, 2.45) is 5.73 Å². The maximum Gasteiger partial charge on any atom is 0.0624 e. The van der Waals surface area contributed by atoms with Gasteiger partial charge in [0.05, 0.1) is 12.6 Å². The van der Waals surface area contributed by atoms with E-state index >= 15 is 0 Å². The molecule has 1 rings (SSSR count). The van der Waals surface area contributed by atoms with Gasteiger partial charge in [0.2, 0.25) is 0 Å². The van der Waals surface area contributed by atoms with Crippen LogP contribution in [0.3, 0.4) is 0 Å². The lowest BCUT2D eigenvalue weighted by Gasteiger charge is -2.21. The van der Waals surface area contributed by atoms with Gasteiger partial charge < -0.3 is 10.8 Å². The second-order valence-electron chi connectivity index (χ2n) is 4.33. The Morgan fingerprint density at radius 2 is 1.20 bits per heavy atom. The molecule has 0 amide bonds. The lowest BCUT2D eigenvalue weighted by Crippen LogP contribution is -2.19. The van der Waals surface area contributed by atoms with Gasteiger partial charge in [-0.25, -0.2) is 0 Å². The van der Waals surface area contributed by atoms with E-state index in [-0.39, 0.29) is 12.6 Å². The van der Waals surface area contributed by atoms with E-state index in [0.717, 1.165) is 5.56 Å². The monoisotopic (exact) mass is 207 g/mol. The van der Waals surface area contributed by atoms with Gasteiger partial charge in [0, 0.05) is 0 Å². The molecule has 0 bridgehead atoms. The maximum atomic E-state index is 9.16. The van der Waals surface area contributed by atoms with Gasteiger partial charge in [-0.05, 0) is 68.0 Å². The zero-order valence-corrected chi connectivity index (χ0v) is 10.3. The van der Waals surface area contributed by atoms with Crippen LogP contribution in [0.25, 0.3) is 0 Å². The van der Waals surface area contributed by atoms with E-state index in [1.54, 1.807) is 0 Å². The van der Waals surface area contributed by atoms with Crippen LogP contribution < -0.4 is 5.73 Å². The number of rotatable bonds is 2. The average Bonchev–Trinajstić information content (AvgIpc) is 2.23. The molecule has 0 heterocycles. The normalized spacial score (nSPS) is 13.0. The summed E-state index contributed by atoms with van der Waals surface area (Å²) in [6.07, 6.45) is 0. The zero-order chi connectivity index (χ0) is 11.7. The van der Waals surface area contributed by atoms with Crippen molar-refractivity contribution in [2.75, 3.05) is 6.61 Å². The predicted octanol–water partition coefficient (Wildman–Crippen LogP) is 2.22. The van der Waals surface area contributed by atoms with Crippen LogP contribution in [-0.4, -0.2) is 11.7 Å². The van der Waals surface area contributed by atoms with Crippen molar-refractivity contribution in [3.63, 3.8) is 0 Å². The second-order valence-corrected chi connectivity index (χ2v) is 4.33. The quantitative estimate of drug-likeness (QED) is 0.781. The lowest BCUT2D eigenvalue weighted by molar-refractivity contribution is 0.267. The van der Waals surface area contributed by atoms with E-state index in [9.17, 15) is 0 Å². The highest BCUT2D eigenvalue weighted by atomic mass is 16.3. The standard InChI is InChI=1S/C13H21NO/c1-7-8(2)10(4)13(12(14)6-15)11(5)9(7)3/h12,15H,6,14H2,1-5H3/t12-/m0/s1. The first-order chi connectivity index (χ1) is 6.91. The van der Waals surface area contributed by atoms with Crippen molar-refractivity contribution in [3.05, 3.63) is 33.4 Å². The molecule has 0 spiro atoms. The van der Waals surface area contributed by atoms with Gasteiger partial charge in [-0.15, -0.1) is 0 Å². The summed E-state index contributed by atoms with van der Waals surface area (Å²) in [4.78, 5) is 0. The number of benzene rings is 1. The van der Waals surface area contributed by atoms with Crippen molar-refractivity contribution in [2.45, 2.75) is 40.7 Å². The molecule has 0 saturated heterocycles. The first kappa shape index (κ1) is 12.2. The Morgan fingerprint density at radius 1 is 0.867 bits per heavy atom. The third kappa shape index (κ3) is 1.92. The molecule has 0 fully saturated rings. The minimum Gasteiger partial charge on any atom is -0.394 e. The summed E-state index contributed by atoms with van der Waals surface area (Å²) >= 11 is 0.